The maximum absolute atomic E-state index is 11.7. The smallest absolute Gasteiger partial charge is 0.380 e. The fourth-order valence-corrected chi connectivity index (χ4v) is 1.03. The van der Waals surface area contributed by atoms with Crippen molar-refractivity contribution in [2.75, 3.05) is 26.3 Å². The molecular formula is C9H16F3NO. The van der Waals surface area contributed by atoms with Gasteiger partial charge in [0.05, 0.1) is 13.0 Å². The van der Waals surface area contributed by atoms with Crippen molar-refractivity contribution in [2.24, 2.45) is 5.92 Å². The van der Waals surface area contributed by atoms with Crippen molar-refractivity contribution in [3.8, 4) is 0 Å². The minimum atomic E-state index is -4.05. The van der Waals surface area contributed by atoms with Gasteiger partial charge in [0.1, 0.15) is 0 Å². The number of nitrogens with one attached hydrogen (secondary N) is 1. The summed E-state index contributed by atoms with van der Waals surface area (Å²) in [6.45, 7) is 1.76. The molecule has 5 heteroatoms. The Morgan fingerprint density at radius 2 is 1.93 bits per heavy atom. The lowest BCUT2D eigenvalue weighted by Gasteiger charge is -2.07. The number of ether oxygens (including phenoxy) is 1. The molecule has 1 fully saturated rings. The van der Waals surface area contributed by atoms with Crippen molar-refractivity contribution in [1.82, 2.24) is 5.32 Å². The van der Waals surface area contributed by atoms with Gasteiger partial charge in [-0.2, -0.15) is 13.2 Å². The minimum Gasteiger partial charge on any atom is -0.380 e. The molecule has 0 bridgehead atoms. The van der Waals surface area contributed by atoms with Gasteiger partial charge in [0.25, 0.3) is 0 Å². The summed E-state index contributed by atoms with van der Waals surface area (Å²) >= 11 is 0. The molecule has 1 rings (SSSR count). The van der Waals surface area contributed by atoms with Crippen LogP contribution in [0.2, 0.25) is 0 Å². The van der Waals surface area contributed by atoms with Crippen LogP contribution in [0, 0.1) is 5.92 Å². The van der Waals surface area contributed by atoms with Crippen LogP contribution in [-0.2, 0) is 4.74 Å². The van der Waals surface area contributed by atoms with E-state index in [2.05, 4.69) is 5.32 Å². The Bertz CT molecular complexity index is 157. The number of hydrogen-bond donors (Lipinski definition) is 1. The molecule has 1 N–H and O–H groups in total. The molecule has 0 heterocycles. The first kappa shape index (κ1) is 11.8. The highest BCUT2D eigenvalue weighted by molar-refractivity contribution is 4.71. The summed E-state index contributed by atoms with van der Waals surface area (Å²) in [4.78, 5) is 0. The van der Waals surface area contributed by atoms with E-state index < -0.39 is 12.6 Å². The topological polar surface area (TPSA) is 21.3 Å². The molecular weight excluding hydrogens is 195 g/mol. The Labute approximate surface area is 81.8 Å². The van der Waals surface area contributed by atoms with E-state index in [0.717, 1.165) is 6.61 Å². The van der Waals surface area contributed by atoms with Crippen LogP contribution in [0.1, 0.15) is 19.3 Å². The van der Waals surface area contributed by atoms with Crippen LogP contribution in [0.25, 0.3) is 0 Å². The molecule has 0 aromatic heterocycles. The van der Waals surface area contributed by atoms with E-state index in [1.54, 1.807) is 0 Å². The van der Waals surface area contributed by atoms with E-state index >= 15 is 0 Å². The quantitative estimate of drug-likeness (QED) is 0.650. The zero-order valence-corrected chi connectivity index (χ0v) is 8.07. The zero-order valence-electron chi connectivity index (χ0n) is 8.07. The standard InChI is InChI=1S/C9H16F3NO/c10-9(11,12)3-4-13-5-6-14-7-8-1-2-8/h8,13H,1-7H2. The van der Waals surface area contributed by atoms with Crippen molar-refractivity contribution < 1.29 is 17.9 Å². The Hall–Kier alpha value is -0.290. The normalized spacial score (nSPS) is 17.4. The summed E-state index contributed by atoms with van der Waals surface area (Å²) in [5.74, 6) is 0.713. The molecule has 84 valence electrons. The molecule has 2 nitrogen and oxygen atoms in total. The van der Waals surface area contributed by atoms with Crippen molar-refractivity contribution in [2.45, 2.75) is 25.4 Å². The maximum atomic E-state index is 11.7. The lowest BCUT2D eigenvalue weighted by atomic mass is 10.4. The van der Waals surface area contributed by atoms with E-state index in [-0.39, 0.29) is 6.54 Å². The Balaban J connectivity index is 1.75. The van der Waals surface area contributed by atoms with Gasteiger partial charge in [-0.05, 0) is 18.8 Å². The van der Waals surface area contributed by atoms with Gasteiger partial charge in [0, 0.05) is 19.7 Å². The highest BCUT2D eigenvalue weighted by atomic mass is 19.4. The number of rotatable bonds is 7. The SMILES string of the molecule is FC(F)(F)CCNCCOCC1CC1. The third kappa shape index (κ3) is 7.15. The average Bonchev–Trinajstić information content (AvgIpc) is 2.84. The van der Waals surface area contributed by atoms with E-state index in [1.807, 2.05) is 0 Å². The molecule has 0 atom stereocenters. The first-order valence-electron chi connectivity index (χ1n) is 4.93. The third-order valence-corrected chi connectivity index (χ3v) is 2.06. The van der Waals surface area contributed by atoms with Crippen molar-refractivity contribution in [3.05, 3.63) is 0 Å². The van der Waals surface area contributed by atoms with Crippen LogP contribution >= 0.6 is 0 Å². The van der Waals surface area contributed by atoms with E-state index in [9.17, 15) is 13.2 Å². The molecule has 14 heavy (non-hydrogen) atoms. The second-order valence-electron chi connectivity index (χ2n) is 3.63. The largest absolute Gasteiger partial charge is 0.390 e. The van der Waals surface area contributed by atoms with Crippen molar-refractivity contribution >= 4 is 0 Å². The summed E-state index contributed by atoms with van der Waals surface area (Å²) < 4.78 is 40.3. The number of halogens is 3. The first-order valence-corrected chi connectivity index (χ1v) is 4.93. The maximum Gasteiger partial charge on any atom is 0.390 e. The molecule has 0 radical (unpaired) electrons. The fourth-order valence-electron chi connectivity index (χ4n) is 1.03. The van der Waals surface area contributed by atoms with Crippen molar-refractivity contribution in [1.29, 1.82) is 0 Å². The van der Waals surface area contributed by atoms with Gasteiger partial charge in [-0.15, -0.1) is 0 Å². The van der Waals surface area contributed by atoms with Crippen LogP contribution in [0.4, 0.5) is 13.2 Å². The van der Waals surface area contributed by atoms with Gasteiger partial charge in [-0.1, -0.05) is 0 Å². The zero-order chi connectivity index (χ0) is 10.4. The molecule has 0 amide bonds. The predicted octanol–water partition coefficient (Wildman–Crippen LogP) is 1.95. The van der Waals surface area contributed by atoms with Crippen LogP contribution in [0.3, 0.4) is 0 Å². The van der Waals surface area contributed by atoms with E-state index in [0.29, 0.717) is 19.1 Å². The molecule has 0 unspecified atom stereocenters. The summed E-state index contributed by atoms with van der Waals surface area (Å²) in [5, 5.41) is 2.69. The molecule has 0 spiro atoms. The molecule has 0 aromatic rings. The van der Waals surface area contributed by atoms with Gasteiger partial charge in [-0.25, -0.2) is 0 Å². The second kappa shape index (κ2) is 5.56. The minimum absolute atomic E-state index is 0.0176. The van der Waals surface area contributed by atoms with Crippen molar-refractivity contribution in [3.63, 3.8) is 0 Å². The summed E-state index contributed by atoms with van der Waals surface area (Å²) in [6, 6.07) is 0. The predicted molar refractivity (Wildman–Crippen MR) is 47.1 cm³/mol. The third-order valence-electron chi connectivity index (χ3n) is 2.06. The van der Waals surface area contributed by atoms with E-state index in [1.165, 1.54) is 12.8 Å². The summed E-state index contributed by atoms with van der Waals surface area (Å²) in [7, 11) is 0. The lowest BCUT2D eigenvalue weighted by molar-refractivity contribution is -0.133. The Morgan fingerprint density at radius 3 is 2.50 bits per heavy atom. The van der Waals surface area contributed by atoms with Crippen LogP contribution in [0.5, 0.6) is 0 Å². The summed E-state index contributed by atoms with van der Waals surface area (Å²) in [6.07, 6.45) is -2.35. The Morgan fingerprint density at radius 1 is 1.21 bits per heavy atom. The van der Waals surface area contributed by atoms with Gasteiger partial charge in [0.15, 0.2) is 0 Å². The van der Waals surface area contributed by atoms with Crippen LogP contribution in [-0.4, -0.2) is 32.5 Å². The fraction of sp³-hybridized carbons (Fsp3) is 1.00. The molecule has 0 saturated heterocycles. The summed E-state index contributed by atoms with van der Waals surface area (Å²) in [5.41, 5.74) is 0. The number of hydrogen-bond acceptors (Lipinski definition) is 2. The second-order valence-corrected chi connectivity index (χ2v) is 3.63. The molecule has 0 aromatic carbocycles. The molecule has 0 aliphatic heterocycles. The monoisotopic (exact) mass is 211 g/mol. The molecule has 1 saturated carbocycles. The average molecular weight is 211 g/mol. The highest BCUT2D eigenvalue weighted by Crippen LogP contribution is 2.28. The highest BCUT2D eigenvalue weighted by Gasteiger charge is 2.25. The lowest BCUT2D eigenvalue weighted by Crippen LogP contribution is -2.25. The van der Waals surface area contributed by atoms with Gasteiger partial charge in [-0.3, -0.25) is 0 Å². The van der Waals surface area contributed by atoms with Crippen LogP contribution < -0.4 is 5.32 Å². The van der Waals surface area contributed by atoms with Gasteiger partial charge in [0.2, 0.25) is 0 Å². The van der Waals surface area contributed by atoms with Gasteiger partial charge < -0.3 is 10.1 Å². The molecule has 1 aliphatic rings. The van der Waals surface area contributed by atoms with E-state index in [4.69, 9.17) is 4.74 Å². The first-order chi connectivity index (χ1) is 6.58. The molecule has 1 aliphatic carbocycles. The van der Waals surface area contributed by atoms with Crippen LogP contribution in [0.15, 0.2) is 0 Å². The Kier molecular flexibility index (Phi) is 4.68. The number of alkyl halides is 3. The van der Waals surface area contributed by atoms with Gasteiger partial charge >= 0.3 is 6.18 Å².